The van der Waals surface area contributed by atoms with Gasteiger partial charge >= 0.3 is 0 Å². The summed E-state index contributed by atoms with van der Waals surface area (Å²) in [6.07, 6.45) is 0. The molecule has 0 saturated carbocycles. The Hall–Kier alpha value is -8.42. The Bertz CT molecular complexity index is 3990. The van der Waals surface area contributed by atoms with Gasteiger partial charge in [-0.1, -0.05) is 206 Å². The van der Waals surface area contributed by atoms with Crippen LogP contribution in [0.2, 0.25) is 0 Å². The summed E-state index contributed by atoms with van der Waals surface area (Å²) >= 11 is 3.51. The van der Waals surface area contributed by atoms with Gasteiger partial charge in [-0.2, -0.15) is 0 Å². The van der Waals surface area contributed by atoms with Crippen LogP contribution in [0.1, 0.15) is 0 Å². The molecule has 6 heteroatoms. The predicted molar refractivity (Wildman–Crippen MR) is 287 cm³/mol. The van der Waals surface area contributed by atoms with E-state index in [0.29, 0.717) is 11.6 Å². The highest BCUT2D eigenvalue weighted by molar-refractivity contribution is 7.26. The zero-order chi connectivity index (χ0) is 45.0. The van der Waals surface area contributed by atoms with Crippen LogP contribution in [0.4, 0.5) is 0 Å². The van der Waals surface area contributed by atoms with Gasteiger partial charge in [-0.15, -0.1) is 22.7 Å². The van der Waals surface area contributed by atoms with Gasteiger partial charge in [0.2, 0.25) is 0 Å². The molecule has 0 aliphatic heterocycles. The quantitative estimate of drug-likeness (QED) is 0.152. The summed E-state index contributed by atoms with van der Waals surface area (Å²) in [5.41, 5.74) is 17.2. The summed E-state index contributed by atoms with van der Waals surface area (Å²) in [7, 11) is 0. The highest BCUT2D eigenvalue weighted by atomic mass is 32.1. The van der Waals surface area contributed by atoms with E-state index >= 15 is 0 Å². The first kappa shape index (κ1) is 39.9. The van der Waals surface area contributed by atoms with Crippen molar-refractivity contribution in [1.82, 2.24) is 19.9 Å². The fourth-order valence-electron chi connectivity index (χ4n) is 9.26. The number of fused-ring (bicyclic) bond motifs is 6. The molecular weight excluding hydrogens is 865 g/mol. The summed E-state index contributed by atoms with van der Waals surface area (Å²) in [4.78, 5) is 21.1. The molecule has 0 aliphatic carbocycles. The van der Waals surface area contributed by atoms with Crippen molar-refractivity contribution < 1.29 is 0 Å². The van der Waals surface area contributed by atoms with Crippen molar-refractivity contribution in [2.45, 2.75) is 0 Å². The maximum Gasteiger partial charge on any atom is 0.160 e. The number of benzene rings is 9. The van der Waals surface area contributed by atoms with Crippen LogP contribution in [-0.4, -0.2) is 19.9 Å². The largest absolute Gasteiger partial charge is 0.226 e. The normalized spacial score (nSPS) is 11.5. The molecule has 9 aromatic carbocycles. The highest BCUT2D eigenvalue weighted by Crippen LogP contribution is 2.42. The van der Waals surface area contributed by atoms with Gasteiger partial charge in [0.05, 0.1) is 31.8 Å². The van der Waals surface area contributed by atoms with Crippen molar-refractivity contribution in [3.8, 4) is 89.8 Å². The van der Waals surface area contributed by atoms with Crippen LogP contribution < -0.4 is 0 Å². The van der Waals surface area contributed by atoms with E-state index in [0.717, 1.165) is 87.1 Å². The van der Waals surface area contributed by atoms with E-state index in [-0.39, 0.29) is 0 Å². The van der Waals surface area contributed by atoms with Crippen molar-refractivity contribution in [1.29, 1.82) is 0 Å². The number of hydrogen-bond acceptors (Lipinski definition) is 6. The molecular formula is C62H38N4S2. The maximum absolute atomic E-state index is 5.33. The molecule has 0 fully saturated rings. The lowest BCUT2D eigenvalue weighted by molar-refractivity contribution is 1.24. The Kier molecular flexibility index (Phi) is 9.85. The molecule has 0 saturated heterocycles. The van der Waals surface area contributed by atoms with Crippen LogP contribution >= 0.6 is 22.7 Å². The first-order valence-electron chi connectivity index (χ1n) is 22.7. The molecule has 0 amide bonds. The standard InChI is InChI=1S/C62H38N4S2/c1-3-13-39(14-4-1)41-25-31-44(32-26-41)55-59-57(51-21-7-9-23-53(51)67-59)65-61(63-55)46-35-29-43(30-36-46)47-17-11-18-48(37-47)49-19-12-20-50(38-49)62-64-56(60-58(66-62)52-22-8-10-24-54(52)68-60)45-33-27-42(28-34-45)40-15-5-2-6-16-40/h1-38H. The lowest BCUT2D eigenvalue weighted by Gasteiger charge is -2.11. The minimum Gasteiger partial charge on any atom is -0.226 e. The van der Waals surface area contributed by atoms with Gasteiger partial charge in [0.15, 0.2) is 11.6 Å². The van der Waals surface area contributed by atoms with Crippen LogP contribution in [0.3, 0.4) is 0 Å². The Morgan fingerprint density at radius 1 is 0.235 bits per heavy atom. The fraction of sp³-hybridized carbons (Fsp3) is 0. The van der Waals surface area contributed by atoms with Gasteiger partial charge in [-0.3, -0.25) is 0 Å². The van der Waals surface area contributed by atoms with Crippen molar-refractivity contribution in [2.24, 2.45) is 0 Å². The highest BCUT2D eigenvalue weighted by Gasteiger charge is 2.19. The van der Waals surface area contributed by atoms with Gasteiger partial charge < -0.3 is 0 Å². The molecule has 0 aliphatic rings. The monoisotopic (exact) mass is 902 g/mol. The van der Waals surface area contributed by atoms with Gasteiger partial charge in [-0.25, -0.2) is 19.9 Å². The van der Waals surface area contributed by atoms with Crippen LogP contribution in [0.25, 0.3) is 130 Å². The zero-order valence-electron chi connectivity index (χ0n) is 36.5. The Labute approximate surface area is 401 Å². The molecule has 13 rings (SSSR count). The lowest BCUT2D eigenvalue weighted by atomic mass is 9.97. The van der Waals surface area contributed by atoms with Crippen LogP contribution in [0.5, 0.6) is 0 Å². The summed E-state index contributed by atoms with van der Waals surface area (Å²) in [5.74, 6) is 1.42. The van der Waals surface area contributed by atoms with E-state index in [9.17, 15) is 0 Å². The molecule has 0 unspecified atom stereocenters. The minimum absolute atomic E-state index is 0.708. The smallest absolute Gasteiger partial charge is 0.160 e. The van der Waals surface area contributed by atoms with Crippen LogP contribution in [0.15, 0.2) is 231 Å². The number of thiophene rings is 2. The third-order valence-electron chi connectivity index (χ3n) is 12.8. The molecule has 0 N–H and O–H groups in total. The SMILES string of the molecule is c1ccc(-c2ccc(-c3nc(-c4ccc(-c5cccc(-c6cccc(-c7nc(-c8ccc(-c9ccccc9)cc8)c8sc9ccccc9c8n7)c6)c5)cc4)nc4c3sc3ccccc34)cc2)cc1. The Morgan fingerprint density at radius 2 is 0.559 bits per heavy atom. The first-order valence-corrected chi connectivity index (χ1v) is 24.3. The maximum atomic E-state index is 5.33. The average molecular weight is 903 g/mol. The molecule has 0 radical (unpaired) electrons. The molecule has 4 aromatic heterocycles. The lowest BCUT2D eigenvalue weighted by Crippen LogP contribution is -1.94. The first-order chi connectivity index (χ1) is 33.7. The zero-order valence-corrected chi connectivity index (χ0v) is 38.2. The third-order valence-corrected chi connectivity index (χ3v) is 15.1. The van der Waals surface area contributed by atoms with Crippen LogP contribution in [-0.2, 0) is 0 Å². The molecule has 0 spiro atoms. The number of hydrogen-bond donors (Lipinski definition) is 0. The third kappa shape index (κ3) is 7.24. The molecule has 0 bridgehead atoms. The Morgan fingerprint density at radius 3 is 1.04 bits per heavy atom. The molecule has 68 heavy (non-hydrogen) atoms. The number of nitrogens with zero attached hydrogens (tertiary/aromatic N) is 4. The van der Waals surface area contributed by atoms with E-state index in [1.807, 2.05) is 0 Å². The molecule has 4 heterocycles. The number of aromatic nitrogens is 4. The topological polar surface area (TPSA) is 51.6 Å². The van der Waals surface area contributed by atoms with Gasteiger partial charge in [0, 0.05) is 42.4 Å². The van der Waals surface area contributed by atoms with E-state index in [1.54, 1.807) is 22.7 Å². The van der Waals surface area contributed by atoms with Gasteiger partial charge in [0.1, 0.15) is 0 Å². The van der Waals surface area contributed by atoms with Crippen molar-refractivity contribution >= 4 is 63.3 Å². The molecule has 318 valence electrons. The summed E-state index contributed by atoms with van der Waals surface area (Å²) in [5, 5.41) is 2.30. The summed E-state index contributed by atoms with van der Waals surface area (Å²) < 4.78 is 4.60. The van der Waals surface area contributed by atoms with E-state index in [2.05, 4.69) is 231 Å². The Balaban J connectivity index is 0.835. The second-order valence-corrected chi connectivity index (χ2v) is 19.1. The fourth-order valence-corrected chi connectivity index (χ4v) is 11.6. The van der Waals surface area contributed by atoms with E-state index < -0.39 is 0 Å². The van der Waals surface area contributed by atoms with Gasteiger partial charge in [-0.05, 0) is 68.8 Å². The van der Waals surface area contributed by atoms with Crippen LogP contribution in [0, 0.1) is 0 Å². The summed E-state index contributed by atoms with van der Waals surface area (Å²) in [6, 6.07) is 81.6. The molecule has 0 atom stereocenters. The van der Waals surface area contributed by atoms with Crippen molar-refractivity contribution in [2.75, 3.05) is 0 Å². The van der Waals surface area contributed by atoms with Crippen molar-refractivity contribution in [3.63, 3.8) is 0 Å². The van der Waals surface area contributed by atoms with E-state index in [1.165, 1.54) is 31.7 Å². The molecule has 13 aromatic rings. The van der Waals surface area contributed by atoms with E-state index in [4.69, 9.17) is 19.9 Å². The number of rotatable bonds is 8. The predicted octanol–water partition coefficient (Wildman–Crippen LogP) is 17.3. The second-order valence-electron chi connectivity index (χ2n) is 17.0. The average Bonchev–Trinajstić information content (AvgIpc) is 4.00. The van der Waals surface area contributed by atoms with Gasteiger partial charge in [0.25, 0.3) is 0 Å². The second kappa shape index (κ2) is 16.8. The summed E-state index contributed by atoms with van der Waals surface area (Å²) in [6.45, 7) is 0. The molecule has 4 nitrogen and oxygen atoms in total. The van der Waals surface area contributed by atoms with Crippen molar-refractivity contribution in [3.05, 3.63) is 231 Å². The minimum atomic E-state index is 0.708.